The van der Waals surface area contributed by atoms with Crippen LogP contribution >= 0.6 is 0 Å². The molecule has 0 saturated heterocycles. The molecule has 4 aromatic heterocycles. The third-order valence-electron chi connectivity index (χ3n) is 4.70. The second-order valence-electron chi connectivity index (χ2n) is 6.76. The van der Waals surface area contributed by atoms with E-state index in [0.717, 1.165) is 44.2 Å². The number of Topliss-reactive ketones (excluding diaryl/α,β-unsaturated/α-hetero) is 1. The predicted octanol–water partition coefficient (Wildman–Crippen LogP) is 0.587. The van der Waals surface area contributed by atoms with Gasteiger partial charge in [-0.05, 0) is 73.7 Å². The minimum Gasteiger partial charge on any atom is -0.355 e. The van der Waals surface area contributed by atoms with Crippen molar-refractivity contribution in [2.24, 2.45) is 0 Å². The number of hydrogen-bond acceptors (Lipinski definition) is 1. The average Bonchev–Trinajstić information content (AvgIpc) is 3.39. The van der Waals surface area contributed by atoms with Gasteiger partial charge in [0, 0.05) is 33.1 Å². The maximum absolute atomic E-state index is 12.3. The number of rotatable bonds is 1. The molecule has 5 heterocycles. The Kier molecular flexibility index (Phi) is 3.40. The van der Waals surface area contributed by atoms with Crippen LogP contribution in [0.1, 0.15) is 29.7 Å². The number of aromatic amines is 4. The molecule has 0 aliphatic carbocycles. The van der Waals surface area contributed by atoms with E-state index in [2.05, 4.69) is 26.0 Å². The molecule has 0 amide bonds. The lowest BCUT2D eigenvalue weighted by atomic mass is 10.1. The number of carbonyl (C=O) groups excluding carboxylic acids is 1. The molecule has 27 heavy (non-hydrogen) atoms. The minimum absolute atomic E-state index is 0.0110. The Hall–Kier alpha value is -3.73. The molecule has 5 heteroatoms. The monoisotopic (exact) mass is 354 g/mol. The van der Waals surface area contributed by atoms with Crippen LogP contribution < -0.4 is 21.4 Å². The highest BCUT2D eigenvalue weighted by molar-refractivity contribution is 6.18. The van der Waals surface area contributed by atoms with Crippen molar-refractivity contribution in [1.82, 2.24) is 19.9 Å². The van der Waals surface area contributed by atoms with Crippen molar-refractivity contribution in [2.75, 3.05) is 0 Å². The molecular weight excluding hydrogens is 336 g/mol. The number of ketones is 1. The van der Waals surface area contributed by atoms with Gasteiger partial charge in [0.1, 0.15) is 0 Å². The van der Waals surface area contributed by atoms with Crippen LogP contribution in [0.2, 0.25) is 0 Å². The molecule has 0 saturated carbocycles. The van der Waals surface area contributed by atoms with Gasteiger partial charge >= 0.3 is 0 Å². The van der Waals surface area contributed by atoms with Crippen LogP contribution in [0.15, 0.2) is 48.5 Å². The first-order chi connectivity index (χ1) is 13.1. The van der Waals surface area contributed by atoms with Gasteiger partial charge in [-0.2, -0.15) is 0 Å². The lowest BCUT2D eigenvalue weighted by Gasteiger charge is -1.99. The van der Waals surface area contributed by atoms with E-state index >= 15 is 0 Å². The first-order valence-corrected chi connectivity index (χ1v) is 8.83. The van der Waals surface area contributed by atoms with Crippen LogP contribution in [0, 0.1) is 0 Å². The Morgan fingerprint density at radius 1 is 0.630 bits per heavy atom. The zero-order valence-electron chi connectivity index (χ0n) is 14.8. The van der Waals surface area contributed by atoms with Crippen LogP contribution in [0.5, 0.6) is 0 Å². The van der Waals surface area contributed by atoms with E-state index in [1.54, 1.807) is 6.92 Å². The van der Waals surface area contributed by atoms with Crippen LogP contribution in [0.4, 0.5) is 0 Å². The van der Waals surface area contributed by atoms with Crippen molar-refractivity contribution in [3.8, 4) is 0 Å². The number of H-pyrrole nitrogens is 4. The standard InChI is InChI=1S/C22H18N4O/c1-13(27)22-20-8-6-18(25-20)11-16-4-2-14(23-16)10-15-3-5-17(24-15)12-19-7-9-21(22)26-19/h2-12,23-26H,1H3. The van der Waals surface area contributed by atoms with Gasteiger partial charge in [0.2, 0.25) is 0 Å². The molecule has 0 fully saturated rings. The fraction of sp³-hybridized carbons (Fsp3) is 0.0455. The Labute approximate surface area is 154 Å². The van der Waals surface area contributed by atoms with Crippen LogP contribution in [-0.4, -0.2) is 25.7 Å². The number of nitrogens with one attached hydrogen (secondary N) is 4. The highest BCUT2D eigenvalue weighted by Gasteiger charge is 2.11. The summed E-state index contributed by atoms with van der Waals surface area (Å²) >= 11 is 0. The Morgan fingerprint density at radius 3 is 1.85 bits per heavy atom. The second kappa shape index (κ2) is 5.92. The fourth-order valence-electron chi connectivity index (χ4n) is 3.51. The Balaban J connectivity index is 1.84. The van der Waals surface area contributed by atoms with Crippen molar-refractivity contribution in [2.45, 2.75) is 6.92 Å². The molecule has 4 aromatic rings. The normalized spacial score (nSPS) is 12.9. The number of carbonyl (C=O) groups is 1. The quantitative estimate of drug-likeness (QED) is 0.397. The summed E-state index contributed by atoms with van der Waals surface area (Å²) in [5, 5.41) is 3.75. The maximum Gasteiger partial charge on any atom is 0.163 e. The van der Waals surface area contributed by atoms with Crippen molar-refractivity contribution in [3.63, 3.8) is 0 Å². The maximum atomic E-state index is 12.3. The summed E-state index contributed by atoms with van der Waals surface area (Å²) in [6, 6.07) is 16.0. The fourth-order valence-corrected chi connectivity index (χ4v) is 3.51. The van der Waals surface area contributed by atoms with Gasteiger partial charge in [0.05, 0.1) is 16.6 Å². The summed E-state index contributed by atoms with van der Waals surface area (Å²) in [6.07, 6.45) is 6.12. The summed E-state index contributed by atoms with van der Waals surface area (Å²) < 4.78 is 0. The van der Waals surface area contributed by atoms with E-state index in [4.69, 9.17) is 0 Å². The van der Waals surface area contributed by atoms with E-state index in [1.165, 1.54) is 0 Å². The third-order valence-corrected chi connectivity index (χ3v) is 4.70. The molecule has 5 rings (SSSR count). The van der Waals surface area contributed by atoms with Crippen molar-refractivity contribution >= 4 is 29.6 Å². The molecular formula is C22H18N4O. The third kappa shape index (κ3) is 2.89. The summed E-state index contributed by atoms with van der Waals surface area (Å²) in [6.45, 7) is 1.59. The topological polar surface area (TPSA) is 80.2 Å². The van der Waals surface area contributed by atoms with Gasteiger partial charge in [-0.3, -0.25) is 4.79 Å². The second-order valence-corrected chi connectivity index (χ2v) is 6.76. The van der Waals surface area contributed by atoms with E-state index < -0.39 is 0 Å². The molecule has 4 N–H and O–H groups in total. The van der Waals surface area contributed by atoms with Gasteiger partial charge in [0.15, 0.2) is 5.78 Å². The Bertz CT molecular complexity index is 1400. The van der Waals surface area contributed by atoms with Gasteiger partial charge in [-0.1, -0.05) is 0 Å². The smallest absolute Gasteiger partial charge is 0.163 e. The number of fused-ring (bicyclic) bond motifs is 8. The lowest BCUT2D eigenvalue weighted by Crippen LogP contribution is -2.17. The molecule has 0 radical (unpaired) electrons. The Morgan fingerprint density at radius 2 is 1.19 bits per heavy atom. The zero-order chi connectivity index (χ0) is 18.4. The van der Waals surface area contributed by atoms with E-state index in [0.29, 0.717) is 5.57 Å². The van der Waals surface area contributed by atoms with E-state index in [9.17, 15) is 4.79 Å². The molecule has 0 aromatic carbocycles. The molecule has 5 nitrogen and oxygen atoms in total. The van der Waals surface area contributed by atoms with Gasteiger partial charge in [0.25, 0.3) is 0 Å². The molecule has 0 unspecified atom stereocenters. The molecule has 132 valence electrons. The highest BCUT2D eigenvalue weighted by atomic mass is 16.1. The summed E-state index contributed by atoms with van der Waals surface area (Å²) in [7, 11) is 0. The summed E-state index contributed by atoms with van der Waals surface area (Å²) in [4.78, 5) is 25.8. The highest BCUT2D eigenvalue weighted by Crippen LogP contribution is 2.12. The van der Waals surface area contributed by atoms with Gasteiger partial charge in [-0.25, -0.2) is 0 Å². The zero-order valence-corrected chi connectivity index (χ0v) is 14.8. The van der Waals surface area contributed by atoms with Crippen molar-refractivity contribution < 1.29 is 4.79 Å². The molecule has 0 atom stereocenters. The first-order valence-electron chi connectivity index (χ1n) is 8.83. The number of aromatic nitrogens is 4. The summed E-state index contributed by atoms with van der Waals surface area (Å²) in [5.74, 6) is 0.0110. The predicted molar refractivity (Wildman–Crippen MR) is 106 cm³/mol. The SMILES string of the molecule is CC(=O)C1=c2ccc([nH]2)=Cc2ccc([nH]2)C=c2ccc([nH]2)=Cc2ccc1[nH]2. The molecule has 0 spiro atoms. The van der Waals surface area contributed by atoms with Crippen LogP contribution in [0.25, 0.3) is 23.8 Å². The summed E-state index contributed by atoms with van der Waals surface area (Å²) in [5.41, 5.74) is 4.40. The molecule has 8 bridgehead atoms. The molecule has 1 aliphatic rings. The largest absolute Gasteiger partial charge is 0.355 e. The van der Waals surface area contributed by atoms with Gasteiger partial charge in [-0.15, -0.1) is 0 Å². The van der Waals surface area contributed by atoms with E-state index in [1.807, 2.05) is 60.7 Å². The molecule has 1 aliphatic heterocycles. The van der Waals surface area contributed by atoms with E-state index in [-0.39, 0.29) is 5.78 Å². The van der Waals surface area contributed by atoms with Crippen LogP contribution in [-0.2, 0) is 4.79 Å². The first kappa shape index (κ1) is 15.5. The van der Waals surface area contributed by atoms with Crippen molar-refractivity contribution in [1.29, 1.82) is 0 Å². The van der Waals surface area contributed by atoms with Gasteiger partial charge < -0.3 is 19.9 Å². The lowest BCUT2D eigenvalue weighted by molar-refractivity contribution is -0.111. The van der Waals surface area contributed by atoms with Crippen LogP contribution in [0.3, 0.4) is 0 Å². The number of hydrogen-bond donors (Lipinski definition) is 4. The minimum atomic E-state index is 0.0110. The van der Waals surface area contributed by atoms with Crippen molar-refractivity contribution in [3.05, 3.63) is 92.7 Å². The average molecular weight is 354 g/mol.